The van der Waals surface area contributed by atoms with E-state index in [1.165, 1.54) is 0 Å². The normalized spacial score (nSPS) is 8.46. The Bertz CT molecular complexity index is 127. The number of carboxylic acids is 2. The van der Waals surface area contributed by atoms with Gasteiger partial charge in [0.2, 0.25) is 0 Å². The Hall–Kier alpha value is -1.10. The highest BCUT2D eigenvalue weighted by molar-refractivity contribution is 5.75. The average Bonchev–Trinajstić information content (AvgIpc) is 2.03. The lowest BCUT2D eigenvalue weighted by Crippen LogP contribution is -2.00. The second kappa shape index (κ2) is 10.9. The van der Waals surface area contributed by atoms with Crippen LogP contribution in [-0.2, 0) is 9.59 Å². The summed E-state index contributed by atoms with van der Waals surface area (Å²) in [6.45, 7) is 2.40. The minimum atomic E-state index is -1.08. The molecule has 0 bridgehead atoms. The van der Waals surface area contributed by atoms with Crippen molar-refractivity contribution in [2.45, 2.75) is 32.6 Å². The Morgan fingerprint density at radius 2 is 1.46 bits per heavy atom. The van der Waals surface area contributed by atoms with Crippen molar-refractivity contribution in [2.75, 3.05) is 6.61 Å². The van der Waals surface area contributed by atoms with Crippen LogP contribution in [0.5, 0.6) is 0 Å². The number of aliphatic hydroxyl groups is 1. The lowest BCUT2D eigenvalue weighted by Gasteiger charge is -1.85. The van der Waals surface area contributed by atoms with Crippen molar-refractivity contribution in [2.24, 2.45) is 0 Å². The van der Waals surface area contributed by atoms with Crippen LogP contribution in [-0.4, -0.2) is 33.9 Å². The van der Waals surface area contributed by atoms with Gasteiger partial charge in [0, 0.05) is 6.61 Å². The summed E-state index contributed by atoms with van der Waals surface area (Å²) in [6, 6.07) is 0. The molecule has 0 rings (SSSR count). The van der Waals surface area contributed by atoms with Crippen LogP contribution in [0.3, 0.4) is 0 Å². The quantitative estimate of drug-likeness (QED) is 0.596. The Morgan fingerprint density at radius 1 is 1.08 bits per heavy atom. The smallest absolute Gasteiger partial charge is 0.303 e. The number of carboxylic acid groups (broad SMARTS) is 2. The summed E-state index contributed by atoms with van der Waals surface area (Å²) in [5.74, 6) is -2.15. The van der Waals surface area contributed by atoms with Crippen LogP contribution in [0.4, 0.5) is 0 Å². The van der Waals surface area contributed by atoms with Gasteiger partial charge in [-0.1, -0.05) is 13.3 Å². The van der Waals surface area contributed by atoms with Crippen LogP contribution in [0, 0.1) is 0 Å². The van der Waals surface area contributed by atoms with Gasteiger partial charge in [0.05, 0.1) is 12.8 Å². The van der Waals surface area contributed by atoms with E-state index in [4.69, 9.17) is 15.3 Å². The van der Waals surface area contributed by atoms with Gasteiger partial charge in [0.1, 0.15) is 0 Å². The zero-order valence-electron chi connectivity index (χ0n) is 7.69. The predicted molar refractivity (Wildman–Crippen MR) is 46.5 cm³/mol. The van der Waals surface area contributed by atoms with Gasteiger partial charge in [-0.3, -0.25) is 9.59 Å². The molecule has 0 heterocycles. The van der Waals surface area contributed by atoms with Crippen molar-refractivity contribution in [3.05, 3.63) is 0 Å². The van der Waals surface area contributed by atoms with Gasteiger partial charge in [-0.05, 0) is 6.42 Å². The Labute approximate surface area is 77.0 Å². The van der Waals surface area contributed by atoms with Crippen LogP contribution < -0.4 is 0 Å². The van der Waals surface area contributed by atoms with E-state index in [9.17, 15) is 9.59 Å². The van der Waals surface area contributed by atoms with Gasteiger partial charge in [-0.2, -0.15) is 0 Å². The van der Waals surface area contributed by atoms with Crippen molar-refractivity contribution >= 4 is 11.9 Å². The molecular formula is C8H16O5. The zero-order valence-corrected chi connectivity index (χ0v) is 7.69. The second-order valence-corrected chi connectivity index (χ2v) is 2.36. The van der Waals surface area contributed by atoms with E-state index in [0.717, 1.165) is 12.8 Å². The molecule has 5 heteroatoms. The largest absolute Gasteiger partial charge is 0.481 e. The van der Waals surface area contributed by atoms with E-state index < -0.39 is 11.9 Å². The van der Waals surface area contributed by atoms with E-state index in [-0.39, 0.29) is 12.8 Å². The molecule has 0 aromatic carbocycles. The fourth-order valence-electron chi connectivity index (χ4n) is 0.372. The zero-order chi connectivity index (χ0) is 10.7. The van der Waals surface area contributed by atoms with Gasteiger partial charge in [0.15, 0.2) is 0 Å². The molecule has 0 amide bonds. The molecule has 0 aliphatic carbocycles. The number of aliphatic hydroxyl groups excluding tert-OH is 1. The summed E-state index contributed by atoms with van der Waals surface area (Å²) >= 11 is 0. The molecule has 0 saturated heterocycles. The maximum absolute atomic E-state index is 9.64. The van der Waals surface area contributed by atoms with Crippen LogP contribution in [0.1, 0.15) is 32.6 Å². The summed E-state index contributed by atoms with van der Waals surface area (Å²) < 4.78 is 0. The van der Waals surface area contributed by atoms with Crippen molar-refractivity contribution in [3.63, 3.8) is 0 Å². The fraction of sp³-hybridized carbons (Fsp3) is 0.750. The van der Waals surface area contributed by atoms with E-state index in [1.807, 2.05) is 0 Å². The number of hydrogen-bond acceptors (Lipinski definition) is 3. The van der Waals surface area contributed by atoms with E-state index in [2.05, 4.69) is 6.92 Å². The standard InChI is InChI=1S/C4H6O4.C4H10O/c5-3(6)1-2-4(7)8;1-2-3-4-5/h1-2H2,(H,5,6)(H,7,8);5H,2-4H2,1H3. The van der Waals surface area contributed by atoms with Crippen molar-refractivity contribution < 1.29 is 24.9 Å². The Kier molecular flexibility index (Phi) is 12.1. The molecular weight excluding hydrogens is 176 g/mol. The van der Waals surface area contributed by atoms with Crippen molar-refractivity contribution in [1.82, 2.24) is 0 Å². The molecule has 0 fully saturated rings. The highest BCUT2D eigenvalue weighted by Gasteiger charge is 2.00. The van der Waals surface area contributed by atoms with Crippen LogP contribution in [0.2, 0.25) is 0 Å². The van der Waals surface area contributed by atoms with Gasteiger partial charge in [0.25, 0.3) is 0 Å². The number of rotatable bonds is 5. The number of hydrogen-bond donors (Lipinski definition) is 3. The highest BCUT2D eigenvalue weighted by atomic mass is 16.4. The average molecular weight is 192 g/mol. The van der Waals surface area contributed by atoms with Gasteiger partial charge >= 0.3 is 11.9 Å². The number of aliphatic carboxylic acids is 2. The lowest BCUT2D eigenvalue weighted by molar-refractivity contribution is -0.143. The predicted octanol–water partition coefficient (Wildman–Crippen LogP) is 0.715. The topological polar surface area (TPSA) is 94.8 Å². The van der Waals surface area contributed by atoms with Gasteiger partial charge in [-0.15, -0.1) is 0 Å². The van der Waals surface area contributed by atoms with Crippen LogP contribution in [0.15, 0.2) is 0 Å². The molecule has 0 unspecified atom stereocenters. The minimum absolute atomic E-state index is 0.296. The molecule has 0 aromatic heterocycles. The van der Waals surface area contributed by atoms with Crippen LogP contribution in [0.25, 0.3) is 0 Å². The molecule has 0 atom stereocenters. The first kappa shape index (κ1) is 14.4. The Balaban J connectivity index is 0. The SMILES string of the molecule is CCCCO.O=C(O)CCC(=O)O. The van der Waals surface area contributed by atoms with E-state index >= 15 is 0 Å². The third-order valence-electron chi connectivity index (χ3n) is 1.06. The molecule has 0 aliphatic rings. The third-order valence-corrected chi connectivity index (χ3v) is 1.06. The molecule has 13 heavy (non-hydrogen) atoms. The first-order chi connectivity index (χ1) is 6.04. The van der Waals surface area contributed by atoms with Crippen LogP contribution >= 0.6 is 0 Å². The second-order valence-electron chi connectivity index (χ2n) is 2.36. The van der Waals surface area contributed by atoms with Crippen molar-refractivity contribution in [1.29, 1.82) is 0 Å². The molecule has 0 radical (unpaired) electrons. The molecule has 0 saturated carbocycles. The molecule has 3 N–H and O–H groups in total. The fourth-order valence-corrected chi connectivity index (χ4v) is 0.372. The van der Waals surface area contributed by atoms with Gasteiger partial charge < -0.3 is 15.3 Å². The van der Waals surface area contributed by atoms with Gasteiger partial charge in [-0.25, -0.2) is 0 Å². The first-order valence-electron chi connectivity index (χ1n) is 4.09. The molecule has 78 valence electrons. The number of carbonyl (C=O) groups is 2. The lowest BCUT2D eigenvalue weighted by atomic mass is 10.3. The maximum Gasteiger partial charge on any atom is 0.303 e. The highest BCUT2D eigenvalue weighted by Crippen LogP contribution is 1.86. The first-order valence-corrected chi connectivity index (χ1v) is 4.09. The minimum Gasteiger partial charge on any atom is -0.481 e. The molecule has 0 aromatic rings. The van der Waals surface area contributed by atoms with Crippen molar-refractivity contribution in [3.8, 4) is 0 Å². The third kappa shape index (κ3) is 24.8. The Morgan fingerprint density at radius 3 is 1.54 bits per heavy atom. The van der Waals surface area contributed by atoms with E-state index in [0.29, 0.717) is 6.61 Å². The summed E-state index contributed by atoms with van der Waals surface area (Å²) in [7, 11) is 0. The maximum atomic E-state index is 9.64. The summed E-state index contributed by atoms with van der Waals surface area (Å²) in [4.78, 5) is 19.3. The molecule has 0 spiro atoms. The van der Waals surface area contributed by atoms with E-state index in [1.54, 1.807) is 0 Å². The molecule has 0 aliphatic heterocycles. The molecule has 5 nitrogen and oxygen atoms in total. The number of unbranched alkanes of at least 4 members (excludes halogenated alkanes) is 1. The summed E-state index contributed by atoms with van der Waals surface area (Å²) in [6.07, 6.45) is 1.45. The monoisotopic (exact) mass is 192 g/mol. The summed E-state index contributed by atoms with van der Waals surface area (Å²) in [5, 5.41) is 23.9. The summed E-state index contributed by atoms with van der Waals surface area (Å²) in [5.41, 5.74) is 0.